The van der Waals surface area contributed by atoms with Crippen LogP contribution < -0.4 is 4.74 Å². The first-order chi connectivity index (χ1) is 18.5. The fraction of sp³-hybridized carbons (Fsp3) is 0.231. The number of aliphatic hydroxyl groups is 1. The second-order valence-corrected chi connectivity index (χ2v) is 9.05. The Bertz CT molecular complexity index is 1430. The minimum Gasteiger partial charge on any atom is -0.487 e. The van der Waals surface area contributed by atoms with Gasteiger partial charge in [-0.1, -0.05) is 42.0 Å². The summed E-state index contributed by atoms with van der Waals surface area (Å²) >= 11 is 6.53. The van der Waals surface area contributed by atoms with E-state index in [1.54, 1.807) is 24.4 Å². The van der Waals surface area contributed by atoms with Crippen molar-refractivity contribution in [1.29, 1.82) is 0 Å². The first kappa shape index (κ1) is 28.2. The third-order valence-corrected chi connectivity index (χ3v) is 6.20. The second kappa shape index (κ2) is 11.5. The fourth-order valence-corrected chi connectivity index (χ4v) is 4.01. The average molecular weight is 571 g/mol. The molecule has 0 amide bonds. The maximum absolute atomic E-state index is 14.7. The van der Waals surface area contributed by atoms with Crippen LogP contribution >= 0.6 is 11.6 Å². The van der Waals surface area contributed by atoms with Crippen molar-refractivity contribution in [3.8, 4) is 5.75 Å². The highest BCUT2D eigenvalue weighted by molar-refractivity contribution is 6.31. The van der Waals surface area contributed by atoms with Crippen LogP contribution in [0.15, 0.2) is 67.4 Å². The standard InChI is InChI=1S/C26H21ClF6N4O2/c27-23-18(4-1-17-2-6-20(7-3-17)39-14-26(32,33)24(30)31)9-10-36(23)12-25(38,13-37-16-34-15-35-37)21-8-5-19(28)11-22(21)29/h1-11,15-16,24,38H,12-14H2/b4-1+. The molecule has 4 aromatic rings. The summed E-state index contributed by atoms with van der Waals surface area (Å²) in [5.74, 6) is -5.99. The highest BCUT2D eigenvalue weighted by Gasteiger charge is 2.41. The molecule has 0 aliphatic rings. The predicted molar refractivity (Wildman–Crippen MR) is 132 cm³/mol. The Morgan fingerprint density at radius 3 is 2.41 bits per heavy atom. The van der Waals surface area contributed by atoms with Crippen LogP contribution in [-0.4, -0.2) is 43.4 Å². The Morgan fingerprint density at radius 2 is 1.77 bits per heavy atom. The molecular formula is C26H21ClF6N4O2. The summed E-state index contributed by atoms with van der Waals surface area (Å²) in [4.78, 5) is 3.83. The van der Waals surface area contributed by atoms with E-state index in [-0.39, 0.29) is 29.6 Å². The third-order valence-electron chi connectivity index (χ3n) is 5.76. The highest BCUT2D eigenvalue weighted by Crippen LogP contribution is 2.31. The van der Waals surface area contributed by atoms with Crippen molar-refractivity contribution in [2.24, 2.45) is 0 Å². The number of hydrogen-bond acceptors (Lipinski definition) is 4. The lowest BCUT2D eigenvalue weighted by atomic mass is 9.92. The molecule has 13 heteroatoms. The summed E-state index contributed by atoms with van der Waals surface area (Å²) in [6, 6.07) is 10.3. The molecule has 0 aliphatic heterocycles. The largest absolute Gasteiger partial charge is 0.487 e. The highest BCUT2D eigenvalue weighted by atomic mass is 35.5. The Labute approximate surface area is 223 Å². The van der Waals surface area contributed by atoms with Crippen molar-refractivity contribution < 1.29 is 36.2 Å². The van der Waals surface area contributed by atoms with Gasteiger partial charge in [0.2, 0.25) is 0 Å². The molecule has 2 heterocycles. The molecule has 1 N–H and O–H groups in total. The van der Waals surface area contributed by atoms with E-state index in [9.17, 15) is 31.4 Å². The minimum absolute atomic E-state index is 0.00338. The zero-order chi connectivity index (χ0) is 28.2. The van der Waals surface area contributed by atoms with Gasteiger partial charge >= 0.3 is 12.3 Å². The normalized spacial score (nSPS) is 13.8. The second-order valence-electron chi connectivity index (χ2n) is 8.69. The number of hydrogen-bond donors (Lipinski definition) is 1. The molecule has 206 valence electrons. The lowest BCUT2D eigenvalue weighted by Crippen LogP contribution is -2.37. The van der Waals surface area contributed by atoms with Crippen molar-refractivity contribution in [3.63, 3.8) is 0 Å². The van der Waals surface area contributed by atoms with E-state index in [0.29, 0.717) is 17.2 Å². The average Bonchev–Trinajstić information content (AvgIpc) is 3.51. The molecule has 4 rings (SSSR count). The van der Waals surface area contributed by atoms with E-state index < -0.39 is 36.2 Å². The van der Waals surface area contributed by atoms with Gasteiger partial charge in [0.15, 0.2) is 6.61 Å². The summed E-state index contributed by atoms with van der Waals surface area (Å²) in [6.07, 6.45) is 3.66. The molecule has 6 nitrogen and oxygen atoms in total. The van der Waals surface area contributed by atoms with Crippen LogP contribution in [0.1, 0.15) is 16.7 Å². The number of rotatable bonds is 11. The summed E-state index contributed by atoms with van der Waals surface area (Å²) in [5.41, 5.74) is -0.875. The molecule has 1 atom stereocenters. The lowest BCUT2D eigenvalue weighted by molar-refractivity contribution is -0.148. The monoisotopic (exact) mass is 570 g/mol. The van der Waals surface area contributed by atoms with Crippen LogP contribution in [0.3, 0.4) is 0 Å². The Kier molecular flexibility index (Phi) is 8.36. The van der Waals surface area contributed by atoms with Crippen molar-refractivity contribution in [2.75, 3.05) is 6.61 Å². The van der Waals surface area contributed by atoms with Gasteiger partial charge in [0.25, 0.3) is 0 Å². The molecule has 2 aromatic carbocycles. The number of halogens is 7. The van der Waals surface area contributed by atoms with Gasteiger partial charge in [0.1, 0.15) is 40.8 Å². The predicted octanol–water partition coefficient (Wildman–Crippen LogP) is 6.05. The van der Waals surface area contributed by atoms with E-state index in [0.717, 1.165) is 12.1 Å². The minimum atomic E-state index is -4.26. The van der Waals surface area contributed by atoms with E-state index in [1.165, 1.54) is 46.2 Å². The van der Waals surface area contributed by atoms with Crippen LogP contribution in [0, 0.1) is 11.6 Å². The van der Waals surface area contributed by atoms with E-state index in [4.69, 9.17) is 16.3 Å². The smallest absolute Gasteiger partial charge is 0.340 e. The zero-order valence-electron chi connectivity index (χ0n) is 20.0. The Balaban J connectivity index is 1.50. The fourth-order valence-electron chi connectivity index (χ4n) is 3.77. The molecule has 0 saturated carbocycles. The number of aromatic nitrogens is 4. The first-order valence-corrected chi connectivity index (χ1v) is 11.8. The van der Waals surface area contributed by atoms with Crippen LogP contribution in [0.2, 0.25) is 5.15 Å². The molecule has 0 bridgehead atoms. The van der Waals surface area contributed by atoms with Gasteiger partial charge < -0.3 is 14.4 Å². The van der Waals surface area contributed by atoms with Gasteiger partial charge in [-0.25, -0.2) is 27.2 Å². The maximum Gasteiger partial charge on any atom is 0.340 e. The topological polar surface area (TPSA) is 65.1 Å². The number of ether oxygens (including phenoxy) is 1. The molecule has 1 unspecified atom stereocenters. The summed E-state index contributed by atoms with van der Waals surface area (Å²) < 4.78 is 86.3. The van der Waals surface area contributed by atoms with Gasteiger partial charge in [0, 0.05) is 23.4 Å². The summed E-state index contributed by atoms with van der Waals surface area (Å²) in [7, 11) is 0. The molecule has 0 aliphatic carbocycles. The summed E-state index contributed by atoms with van der Waals surface area (Å²) in [5, 5.41) is 15.7. The Hall–Kier alpha value is -3.77. The zero-order valence-corrected chi connectivity index (χ0v) is 20.8. The maximum atomic E-state index is 14.7. The number of nitrogens with zero attached hydrogens (tertiary/aromatic N) is 4. The molecule has 0 radical (unpaired) electrons. The van der Waals surface area contributed by atoms with Crippen LogP contribution in [0.25, 0.3) is 12.2 Å². The molecule has 39 heavy (non-hydrogen) atoms. The van der Waals surface area contributed by atoms with Crippen LogP contribution in [0.4, 0.5) is 26.3 Å². The molecule has 2 aromatic heterocycles. The van der Waals surface area contributed by atoms with Gasteiger partial charge in [0.05, 0.1) is 13.1 Å². The summed E-state index contributed by atoms with van der Waals surface area (Å²) in [6.45, 7) is -1.86. The van der Waals surface area contributed by atoms with Gasteiger partial charge in [-0.3, -0.25) is 0 Å². The van der Waals surface area contributed by atoms with Crippen LogP contribution in [-0.2, 0) is 18.7 Å². The number of alkyl halides is 4. The van der Waals surface area contributed by atoms with Gasteiger partial charge in [-0.15, -0.1) is 0 Å². The Morgan fingerprint density at radius 1 is 1.03 bits per heavy atom. The quantitative estimate of drug-likeness (QED) is 0.223. The molecule has 0 saturated heterocycles. The molecule has 0 spiro atoms. The van der Waals surface area contributed by atoms with Crippen molar-refractivity contribution in [3.05, 3.63) is 101 Å². The third kappa shape index (κ3) is 6.82. The molecular weight excluding hydrogens is 550 g/mol. The van der Waals surface area contributed by atoms with E-state index in [1.807, 2.05) is 0 Å². The van der Waals surface area contributed by atoms with Crippen LogP contribution in [0.5, 0.6) is 5.75 Å². The first-order valence-electron chi connectivity index (χ1n) is 11.4. The van der Waals surface area contributed by atoms with Crippen molar-refractivity contribution >= 4 is 23.8 Å². The van der Waals surface area contributed by atoms with Crippen molar-refractivity contribution in [1.82, 2.24) is 19.3 Å². The molecule has 0 fully saturated rings. The van der Waals surface area contributed by atoms with Gasteiger partial charge in [-0.05, 0) is 29.8 Å². The lowest BCUT2D eigenvalue weighted by Gasteiger charge is -2.30. The van der Waals surface area contributed by atoms with E-state index in [2.05, 4.69) is 10.1 Å². The van der Waals surface area contributed by atoms with Crippen molar-refractivity contribution in [2.45, 2.75) is 31.0 Å². The SMILES string of the molecule is OC(Cn1cncn1)(Cn1ccc(/C=C/c2ccc(OCC(F)(F)C(F)F)cc2)c1Cl)c1ccc(F)cc1F. The van der Waals surface area contributed by atoms with E-state index >= 15 is 0 Å². The van der Waals surface area contributed by atoms with Gasteiger partial charge in [-0.2, -0.15) is 13.9 Å². The number of benzene rings is 2.